The fourth-order valence-electron chi connectivity index (χ4n) is 1.14. The van der Waals surface area contributed by atoms with Crippen LogP contribution in [-0.4, -0.2) is 14.3 Å². The fraction of sp³-hybridized carbons (Fsp3) is 0.444. The Morgan fingerprint density at radius 3 is 3.13 bits per heavy atom. The van der Waals surface area contributed by atoms with E-state index in [4.69, 9.17) is 0 Å². The maximum atomic E-state index is 4.38. The van der Waals surface area contributed by atoms with Gasteiger partial charge in [0.1, 0.15) is 5.82 Å². The van der Waals surface area contributed by atoms with Gasteiger partial charge in [-0.3, -0.25) is 4.98 Å². The first-order chi connectivity index (χ1) is 7.38. The second-order valence-corrected chi connectivity index (χ2v) is 4.81. The van der Waals surface area contributed by atoms with E-state index in [0.29, 0.717) is 0 Å². The number of nitrogens with zero attached hydrogens (tertiary/aromatic N) is 3. The van der Waals surface area contributed by atoms with E-state index in [2.05, 4.69) is 26.6 Å². The maximum absolute atomic E-state index is 4.38. The topological polar surface area (TPSA) is 50.7 Å². The van der Waals surface area contributed by atoms with Crippen molar-refractivity contribution in [3.63, 3.8) is 0 Å². The lowest BCUT2D eigenvalue weighted by Gasteiger charge is -1.96. The van der Waals surface area contributed by atoms with E-state index in [1.807, 2.05) is 11.7 Å². The Morgan fingerprint density at radius 1 is 1.47 bits per heavy atom. The third-order valence-electron chi connectivity index (χ3n) is 1.84. The average Bonchev–Trinajstić information content (AvgIpc) is 2.85. The van der Waals surface area contributed by atoms with Crippen LogP contribution in [0.5, 0.6) is 0 Å². The molecule has 2 aromatic heterocycles. The van der Waals surface area contributed by atoms with Gasteiger partial charge >= 0.3 is 0 Å². The molecule has 0 spiro atoms. The molecule has 0 aliphatic heterocycles. The Kier molecular flexibility index (Phi) is 3.63. The quantitative estimate of drug-likeness (QED) is 0.872. The summed E-state index contributed by atoms with van der Waals surface area (Å²) in [5.74, 6) is 0.939. The zero-order chi connectivity index (χ0) is 10.5. The minimum Gasteiger partial charge on any atom is -0.355 e. The molecule has 0 bridgehead atoms. The van der Waals surface area contributed by atoms with Gasteiger partial charge in [0, 0.05) is 29.0 Å². The van der Waals surface area contributed by atoms with E-state index >= 15 is 0 Å². The number of aryl methyl sites for hydroxylation is 1. The molecule has 2 aromatic rings. The van der Waals surface area contributed by atoms with Crippen LogP contribution in [0.15, 0.2) is 11.7 Å². The van der Waals surface area contributed by atoms with Crippen LogP contribution in [0.3, 0.4) is 0 Å². The smallest absolute Gasteiger partial charge is 0.202 e. The van der Waals surface area contributed by atoms with Crippen molar-refractivity contribution < 1.29 is 0 Å². The van der Waals surface area contributed by atoms with E-state index in [1.165, 1.54) is 16.4 Å². The van der Waals surface area contributed by atoms with Gasteiger partial charge < -0.3 is 5.32 Å². The minimum absolute atomic E-state index is 0.783. The summed E-state index contributed by atoms with van der Waals surface area (Å²) in [4.78, 5) is 9.61. The number of aromatic nitrogens is 3. The molecule has 0 fully saturated rings. The third-order valence-corrected chi connectivity index (χ3v) is 3.33. The van der Waals surface area contributed by atoms with E-state index in [9.17, 15) is 0 Å². The van der Waals surface area contributed by atoms with Crippen LogP contribution in [0.4, 0.5) is 5.13 Å². The Bertz CT molecular complexity index is 396. The van der Waals surface area contributed by atoms with E-state index in [1.54, 1.807) is 11.3 Å². The van der Waals surface area contributed by atoms with Gasteiger partial charge in [0.25, 0.3) is 0 Å². The summed E-state index contributed by atoms with van der Waals surface area (Å²) in [5, 5.41) is 4.14. The largest absolute Gasteiger partial charge is 0.355 e. The van der Waals surface area contributed by atoms with E-state index in [-0.39, 0.29) is 0 Å². The molecule has 0 saturated carbocycles. The molecule has 2 rings (SSSR count). The first-order valence-corrected chi connectivity index (χ1v) is 6.47. The molecule has 15 heavy (non-hydrogen) atoms. The van der Waals surface area contributed by atoms with Gasteiger partial charge in [-0.05, 0) is 6.42 Å². The summed E-state index contributed by atoms with van der Waals surface area (Å²) >= 11 is 3.07. The number of hydrogen-bond acceptors (Lipinski definition) is 6. The molecule has 80 valence electrons. The lowest BCUT2D eigenvalue weighted by Crippen LogP contribution is -1.97. The van der Waals surface area contributed by atoms with Gasteiger partial charge in [-0.2, -0.15) is 4.37 Å². The molecule has 0 radical (unpaired) electrons. The first kappa shape index (κ1) is 10.5. The number of anilines is 1. The Morgan fingerprint density at radius 2 is 2.40 bits per heavy atom. The number of rotatable bonds is 5. The summed E-state index contributed by atoms with van der Waals surface area (Å²) in [6, 6.07) is 0. The van der Waals surface area contributed by atoms with Crippen molar-refractivity contribution >= 4 is 28.0 Å². The molecular weight excluding hydrogens is 228 g/mol. The lowest BCUT2D eigenvalue weighted by molar-refractivity contribution is 0.861. The Balaban J connectivity index is 1.88. The summed E-state index contributed by atoms with van der Waals surface area (Å²) in [5.41, 5.74) is 1.83. The van der Waals surface area contributed by atoms with Crippen LogP contribution in [-0.2, 0) is 13.0 Å². The van der Waals surface area contributed by atoms with Crippen molar-refractivity contribution in [2.24, 2.45) is 0 Å². The lowest BCUT2D eigenvalue weighted by atomic mass is 10.3. The van der Waals surface area contributed by atoms with Crippen molar-refractivity contribution in [2.75, 3.05) is 5.32 Å². The highest BCUT2D eigenvalue weighted by Gasteiger charge is 2.02. The molecule has 0 saturated heterocycles. The number of thiazole rings is 1. The van der Waals surface area contributed by atoms with Crippen LogP contribution < -0.4 is 5.32 Å². The monoisotopic (exact) mass is 240 g/mol. The predicted molar refractivity (Wildman–Crippen MR) is 63.3 cm³/mol. The fourth-order valence-corrected chi connectivity index (χ4v) is 2.28. The molecule has 0 unspecified atom stereocenters. The molecule has 6 heteroatoms. The number of hydrogen-bond donors (Lipinski definition) is 1. The van der Waals surface area contributed by atoms with Gasteiger partial charge in [-0.25, -0.2) is 4.98 Å². The van der Waals surface area contributed by atoms with Gasteiger partial charge in [0.05, 0.1) is 12.1 Å². The molecule has 4 nitrogen and oxygen atoms in total. The van der Waals surface area contributed by atoms with Crippen molar-refractivity contribution in [1.82, 2.24) is 14.3 Å². The summed E-state index contributed by atoms with van der Waals surface area (Å²) in [6.07, 6.45) is 3.91. The van der Waals surface area contributed by atoms with Crippen LogP contribution in [0.25, 0.3) is 0 Å². The molecule has 1 N–H and O–H groups in total. The molecule has 0 aliphatic carbocycles. The molecular formula is C9H12N4S2. The Hall–Kier alpha value is -1.01. The van der Waals surface area contributed by atoms with E-state index < -0.39 is 0 Å². The average molecular weight is 240 g/mol. The highest BCUT2D eigenvalue weighted by atomic mass is 32.1. The SMILES string of the molecule is CCCc1nsc(NCc2cncs2)n1. The Labute approximate surface area is 96.6 Å². The summed E-state index contributed by atoms with van der Waals surface area (Å²) in [6.45, 7) is 2.91. The van der Waals surface area contributed by atoms with Crippen LogP contribution >= 0.6 is 22.9 Å². The molecule has 2 heterocycles. The zero-order valence-corrected chi connectivity index (χ0v) is 10.1. The molecule has 0 amide bonds. The second-order valence-electron chi connectivity index (χ2n) is 3.09. The summed E-state index contributed by atoms with van der Waals surface area (Å²) in [7, 11) is 0. The first-order valence-electron chi connectivity index (χ1n) is 4.82. The van der Waals surface area contributed by atoms with E-state index in [0.717, 1.165) is 30.3 Å². The standard InChI is InChI=1S/C9H12N4S2/c1-2-3-8-12-9(15-13-8)11-5-7-4-10-6-14-7/h4,6H,2-3,5H2,1H3,(H,11,12,13). The highest BCUT2D eigenvalue weighted by molar-refractivity contribution is 7.10. The zero-order valence-electron chi connectivity index (χ0n) is 8.43. The van der Waals surface area contributed by atoms with Crippen molar-refractivity contribution in [1.29, 1.82) is 0 Å². The molecule has 0 aliphatic rings. The second kappa shape index (κ2) is 5.18. The van der Waals surface area contributed by atoms with Gasteiger partial charge in [-0.1, -0.05) is 6.92 Å². The van der Waals surface area contributed by atoms with Gasteiger partial charge in [0.15, 0.2) is 0 Å². The number of nitrogens with one attached hydrogen (secondary N) is 1. The van der Waals surface area contributed by atoms with Crippen LogP contribution in [0.1, 0.15) is 24.0 Å². The minimum atomic E-state index is 0.783. The third kappa shape index (κ3) is 2.97. The van der Waals surface area contributed by atoms with Gasteiger partial charge in [-0.15, -0.1) is 11.3 Å². The van der Waals surface area contributed by atoms with Crippen molar-refractivity contribution in [2.45, 2.75) is 26.3 Å². The molecule has 0 atom stereocenters. The predicted octanol–water partition coefficient (Wildman–Crippen LogP) is 2.56. The highest BCUT2D eigenvalue weighted by Crippen LogP contribution is 2.14. The van der Waals surface area contributed by atoms with Crippen LogP contribution in [0.2, 0.25) is 0 Å². The normalized spacial score (nSPS) is 10.5. The van der Waals surface area contributed by atoms with Crippen molar-refractivity contribution in [3.8, 4) is 0 Å². The van der Waals surface area contributed by atoms with Gasteiger partial charge in [0.2, 0.25) is 5.13 Å². The maximum Gasteiger partial charge on any atom is 0.202 e. The molecule has 0 aromatic carbocycles. The van der Waals surface area contributed by atoms with Crippen LogP contribution in [0, 0.1) is 0 Å². The summed E-state index contributed by atoms with van der Waals surface area (Å²) < 4.78 is 4.26. The van der Waals surface area contributed by atoms with Crippen molar-refractivity contribution in [3.05, 3.63) is 22.4 Å².